The van der Waals surface area contributed by atoms with Gasteiger partial charge < -0.3 is 15.2 Å². The summed E-state index contributed by atoms with van der Waals surface area (Å²) in [6.45, 7) is 4.61. The topological polar surface area (TPSA) is 88.9 Å². The maximum Gasteiger partial charge on any atom is 0.251 e. The van der Waals surface area contributed by atoms with Crippen molar-refractivity contribution in [2.45, 2.75) is 32.1 Å². The van der Waals surface area contributed by atoms with Crippen LogP contribution in [0, 0.1) is 12.7 Å². The van der Waals surface area contributed by atoms with E-state index in [1.807, 2.05) is 36.6 Å². The Morgan fingerprint density at radius 3 is 2.57 bits per heavy atom. The summed E-state index contributed by atoms with van der Waals surface area (Å²) in [5, 5.41) is 14.2. The molecule has 9 heteroatoms. The molecule has 0 fully saturated rings. The molecular formula is C21H22FN5O2S. The molecule has 0 saturated heterocycles. The molecule has 0 spiro atoms. The molecule has 1 aromatic heterocycles. The SMILES string of the molecule is CCn1c(CNC(=O)c2ccccc2C)nnc1SCC(=O)Nc1ccccc1F. The number of hydrogen-bond acceptors (Lipinski definition) is 5. The normalized spacial score (nSPS) is 10.6. The van der Waals surface area contributed by atoms with Crippen LogP contribution in [0.5, 0.6) is 0 Å². The lowest BCUT2D eigenvalue weighted by atomic mass is 10.1. The van der Waals surface area contributed by atoms with Crippen molar-refractivity contribution in [1.29, 1.82) is 0 Å². The molecule has 1 heterocycles. The summed E-state index contributed by atoms with van der Waals surface area (Å²) < 4.78 is 15.5. The van der Waals surface area contributed by atoms with Gasteiger partial charge in [0, 0.05) is 12.1 Å². The third kappa shape index (κ3) is 5.24. The zero-order valence-electron chi connectivity index (χ0n) is 16.7. The van der Waals surface area contributed by atoms with Gasteiger partial charge in [-0.1, -0.05) is 42.1 Å². The first-order valence-corrected chi connectivity index (χ1v) is 10.4. The van der Waals surface area contributed by atoms with Gasteiger partial charge in [0.05, 0.1) is 18.0 Å². The van der Waals surface area contributed by atoms with Crippen LogP contribution in [-0.2, 0) is 17.9 Å². The number of anilines is 1. The first-order valence-electron chi connectivity index (χ1n) is 9.42. The monoisotopic (exact) mass is 427 g/mol. The summed E-state index contributed by atoms with van der Waals surface area (Å²) >= 11 is 1.20. The van der Waals surface area contributed by atoms with Crippen molar-refractivity contribution in [2.75, 3.05) is 11.1 Å². The van der Waals surface area contributed by atoms with Crippen molar-refractivity contribution in [1.82, 2.24) is 20.1 Å². The minimum atomic E-state index is -0.487. The van der Waals surface area contributed by atoms with Crippen LogP contribution in [0.15, 0.2) is 53.7 Å². The van der Waals surface area contributed by atoms with E-state index in [9.17, 15) is 14.0 Å². The predicted octanol–water partition coefficient (Wildman–Crippen LogP) is 3.41. The van der Waals surface area contributed by atoms with Crippen LogP contribution in [0.1, 0.15) is 28.7 Å². The number of halogens is 1. The molecule has 0 aliphatic rings. The van der Waals surface area contributed by atoms with E-state index in [0.717, 1.165) is 5.56 Å². The fourth-order valence-electron chi connectivity index (χ4n) is 2.84. The number of carbonyl (C=O) groups excluding carboxylic acids is 2. The predicted molar refractivity (Wildman–Crippen MR) is 114 cm³/mol. The maximum absolute atomic E-state index is 13.7. The van der Waals surface area contributed by atoms with E-state index in [1.54, 1.807) is 18.2 Å². The van der Waals surface area contributed by atoms with E-state index < -0.39 is 5.82 Å². The molecule has 0 bridgehead atoms. The maximum atomic E-state index is 13.7. The van der Waals surface area contributed by atoms with Crippen molar-refractivity contribution < 1.29 is 14.0 Å². The molecule has 0 radical (unpaired) electrons. The fourth-order valence-corrected chi connectivity index (χ4v) is 3.66. The average Bonchev–Trinajstić information content (AvgIpc) is 3.14. The molecule has 0 aliphatic heterocycles. The summed E-state index contributed by atoms with van der Waals surface area (Å²) in [4.78, 5) is 24.5. The molecule has 0 aliphatic carbocycles. The number of nitrogens with one attached hydrogen (secondary N) is 2. The van der Waals surface area contributed by atoms with Crippen LogP contribution in [0.25, 0.3) is 0 Å². The van der Waals surface area contributed by atoms with Gasteiger partial charge in [-0.3, -0.25) is 9.59 Å². The van der Waals surface area contributed by atoms with Gasteiger partial charge in [0.25, 0.3) is 5.91 Å². The van der Waals surface area contributed by atoms with Crippen molar-refractivity contribution >= 4 is 29.3 Å². The minimum absolute atomic E-state index is 0.0576. The number of amides is 2. The number of aromatic nitrogens is 3. The lowest BCUT2D eigenvalue weighted by Gasteiger charge is -2.10. The summed E-state index contributed by atoms with van der Waals surface area (Å²) in [6, 6.07) is 13.3. The molecule has 2 aromatic carbocycles. The largest absolute Gasteiger partial charge is 0.345 e. The molecule has 2 N–H and O–H groups in total. The number of nitrogens with zero attached hydrogens (tertiary/aromatic N) is 3. The standard InChI is InChI=1S/C21H22FN5O2S/c1-3-27-18(12-23-20(29)15-9-5-4-8-14(15)2)25-26-21(27)30-13-19(28)24-17-11-7-6-10-16(17)22/h4-11H,3,12-13H2,1-2H3,(H,23,29)(H,24,28). The highest BCUT2D eigenvalue weighted by molar-refractivity contribution is 7.99. The zero-order chi connectivity index (χ0) is 21.5. The lowest BCUT2D eigenvalue weighted by Crippen LogP contribution is -2.25. The molecule has 0 unspecified atom stereocenters. The fraction of sp³-hybridized carbons (Fsp3) is 0.238. The number of carbonyl (C=O) groups is 2. The van der Waals surface area contributed by atoms with Crippen LogP contribution in [-0.4, -0.2) is 32.3 Å². The van der Waals surface area contributed by atoms with Gasteiger partial charge >= 0.3 is 0 Å². The first-order chi connectivity index (χ1) is 14.5. The van der Waals surface area contributed by atoms with Crippen molar-refractivity contribution in [3.05, 3.63) is 71.3 Å². The number of benzene rings is 2. The van der Waals surface area contributed by atoms with Gasteiger partial charge in [-0.2, -0.15) is 0 Å². The Morgan fingerprint density at radius 1 is 1.10 bits per heavy atom. The van der Waals surface area contributed by atoms with Crippen molar-refractivity contribution in [3.63, 3.8) is 0 Å². The Balaban J connectivity index is 1.58. The number of thioether (sulfide) groups is 1. The third-order valence-corrected chi connectivity index (χ3v) is 5.35. The molecular weight excluding hydrogens is 405 g/mol. The molecule has 156 valence electrons. The van der Waals surface area contributed by atoms with E-state index in [-0.39, 0.29) is 29.8 Å². The summed E-state index contributed by atoms with van der Waals surface area (Å²) in [5.74, 6) is -0.361. The van der Waals surface area contributed by atoms with Crippen molar-refractivity contribution in [3.8, 4) is 0 Å². The number of rotatable bonds is 8. The molecule has 0 atom stereocenters. The summed E-state index contributed by atoms with van der Waals surface area (Å²) in [5.41, 5.74) is 1.64. The van der Waals surface area contributed by atoms with Gasteiger partial charge in [-0.05, 0) is 37.6 Å². The van der Waals surface area contributed by atoms with Crippen molar-refractivity contribution in [2.24, 2.45) is 0 Å². The number of aryl methyl sites for hydroxylation is 1. The second-order valence-corrected chi connectivity index (χ2v) is 7.40. The van der Waals surface area contributed by atoms with E-state index in [0.29, 0.717) is 23.1 Å². The van der Waals surface area contributed by atoms with Gasteiger partial charge in [0.2, 0.25) is 5.91 Å². The number of hydrogen-bond donors (Lipinski definition) is 2. The lowest BCUT2D eigenvalue weighted by molar-refractivity contribution is -0.113. The Morgan fingerprint density at radius 2 is 1.83 bits per heavy atom. The van der Waals surface area contributed by atoms with Crippen LogP contribution < -0.4 is 10.6 Å². The molecule has 2 amide bonds. The van der Waals surface area contributed by atoms with Crippen LogP contribution in [0.4, 0.5) is 10.1 Å². The van der Waals surface area contributed by atoms with E-state index >= 15 is 0 Å². The van der Waals surface area contributed by atoms with Crippen LogP contribution >= 0.6 is 11.8 Å². The van der Waals surface area contributed by atoms with Gasteiger partial charge in [-0.15, -0.1) is 10.2 Å². The van der Waals surface area contributed by atoms with Gasteiger partial charge in [0.15, 0.2) is 11.0 Å². The molecule has 0 saturated carbocycles. The highest BCUT2D eigenvalue weighted by atomic mass is 32.2. The molecule has 3 rings (SSSR count). The first kappa shape index (κ1) is 21.5. The zero-order valence-corrected chi connectivity index (χ0v) is 17.5. The minimum Gasteiger partial charge on any atom is -0.345 e. The summed E-state index contributed by atoms with van der Waals surface area (Å²) in [6.07, 6.45) is 0. The summed E-state index contributed by atoms with van der Waals surface area (Å²) in [7, 11) is 0. The molecule has 3 aromatic rings. The highest BCUT2D eigenvalue weighted by Gasteiger charge is 2.15. The quantitative estimate of drug-likeness (QED) is 0.538. The van der Waals surface area contributed by atoms with Gasteiger partial charge in [0.1, 0.15) is 5.82 Å². The molecule has 30 heavy (non-hydrogen) atoms. The Labute approximate surface area is 178 Å². The van der Waals surface area contributed by atoms with E-state index in [1.165, 1.54) is 23.9 Å². The average molecular weight is 428 g/mol. The smallest absolute Gasteiger partial charge is 0.251 e. The van der Waals surface area contributed by atoms with E-state index in [2.05, 4.69) is 20.8 Å². The van der Waals surface area contributed by atoms with Gasteiger partial charge in [-0.25, -0.2) is 4.39 Å². The second-order valence-electron chi connectivity index (χ2n) is 6.46. The Hall–Kier alpha value is -3.20. The van der Waals surface area contributed by atoms with Crippen LogP contribution in [0.3, 0.4) is 0 Å². The highest BCUT2D eigenvalue weighted by Crippen LogP contribution is 2.19. The number of para-hydroxylation sites is 1. The van der Waals surface area contributed by atoms with E-state index in [4.69, 9.17) is 0 Å². The second kappa shape index (κ2) is 10.0. The van der Waals surface area contributed by atoms with Crippen LogP contribution in [0.2, 0.25) is 0 Å². The third-order valence-electron chi connectivity index (χ3n) is 4.39. The Kier molecular flexibility index (Phi) is 7.18. The Bertz CT molecular complexity index is 1050. The molecule has 7 nitrogen and oxygen atoms in total.